The summed E-state index contributed by atoms with van der Waals surface area (Å²) in [4.78, 5) is 32.5. The maximum Gasteiger partial charge on any atom is 0.258 e. The number of benzene rings is 3. The number of amides is 2. The van der Waals surface area contributed by atoms with Gasteiger partial charge in [-0.15, -0.1) is 11.3 Å². The highest BCUT2D eigenvalue weighted by atomic mass is 32.1. The SMILES string of the molecule is CC(=O)N1CCc2cc(-c3nc(NC(=O)c4ccccc4-c4ccccc4)sc3C)ccc21. The van der Waals surface area contributed by atoms with Crippen LogP contribution in [0.25, 0.3) is 22.4 Å². The van der Waals surface area contributed by atoms with Gasteiger partial charge in [0, 0.05) is 35.2 Å². The minimum absolute atomic E-state index is 0.0621. The molecule has 0 saturated carbocycles. The van der Waals surface area contributed by atoms with Crippen LogP contribution in [0.2, 0.25) is 0 Å². The quantitative estimate of drug-likeness (QED) is 0.415. The highest BCUT2D eigenvalue weighted by molar-refractivity contribution is 7.16. The molecule has 1 N–H and O–H groups in total. The van der Waals surface area contributed by atoms with Gasteiger partial charge in [0.15, 0.2) is 5.13 Å². The van der Waals surface area contributed by atoms with E-state index in [2.05, 4.69) is 11.4 Å². The Morgan fingerprint density at radius 3 is 2.52 bits per heavy atom. The molecule has 3 aromatic carbocycles. The maximum absolute atomic E-state index is 13.1. The van der Waals surface area contributed by atoms with Crippen molar-refractivity contribution in [2.45, 2.75) is 20.3 Å². The van der Waals surface area contributed by atoms with Gasteiger partial charge in [0.05, 0.1) is 5.69 Å². The van der Waals surface area contributed by atoms with Crippen molar-refractivity contribution < 1.29 is 9.59 Å². The number of hydrogen-bond donors (Lipinski definition) is 1. The van der Waals surface area contributed by atoms with Crippen LogP contribution in [0, 0.1) is 6.92 Å². The molecule has 4 aromatic rings. The molecule has 164 valence electrons. The fourth-order valence-electron chi connectivity index (χ4n) is 4.31. The Morgan fingerprint density at radius 2 is 1.73 bits per heavy atom. The standard InChI is InChI=1S/C27H23N3O2S/c1-17-25(21-12-13-24-20(16-21)14-15-30(24)18(2)31)28-27(33-17)29-26(32)23-11-7-6-10-22(23)19-8-4-3-5-9-19/h3-13,16H,14-15H2,1-2H3,(H,28,29,32). The maximum atomic E-state index is 13.1. The molecule has 6 heteroatoms. The first-order valence-corrected chi connectivity index (χ1v) is 11.7. The molecule has 0 atom stereocenters. The minimum atomic E-state index is -0.180. The molecular formula is C27H23N3O2S. The van der Waals surface area contributed by atoms with Crippen molar-refractivity contribution in [2.24, 2.45) is 0 Å². The molecule has 0 fully saturated rings. The highest BCUT2D eigenvalue weighted by Crippen LogP contribution is 2.36. The Kier molecular flexibility index (Phi) is 5.52. The number of carbonyl (C=O) groups excluding carboxylic acids is 2. The zero-order valence-corrected chi connectivity index (χ0v) is 19.3. The van der Waals surface area contributed by atoms with Crippen LogP contribution in [0.1, 0.15) is 27.7 Å². The van der Waals surface area contributed by atoms with Gasteiger partial charge in [0.25, 0.3) is 5.91 Å². The first-order chi connectivity index (χ1) is 16.0. The summed E-state index contributed by atoms with van der Waals surface area (Å²) in [5.74, 6) is -0.118. The molecular weight excluding hydrogens is 430 g/mol. The van der Waals surface area contributed by atoms with Gasteiger partial charge in [-0.1, -0.05) is 54.6 Å². The zero-order chi connectivity index (χ0) is 22.9. The van der Waals surface area contributed by atoms with Crippen LogP contribution < -0.4 is 10.2 Å². The molecule has 33 heavy (non-hydrogen) atoms. The van der Waals surface area contributed by atoms with Gasteiger partial charge in [-0.25, -0.2) is 4.98 Å². The molecule has 1 aromatic heterocycles. The third-order valence-electron chi connectivity index (χ3n) is 5.90. The Bertz CT molecular complexity index is 1360. The summed E-state index contributed by atoms with van der Waals surface area (Å²) in [5, 5.41) is 3.56. The second kappa shape index (κ2) is 8.64. The largest absolute Gasteiger partial charge is 0.312 e. The van der Waals surface area contributed by atoms with Gasteiger partial charge < -0.3 is 4.90 Å². The van der Waals surface area contributed by atoms with Crippen molar-refractivity contribution in [3.05, 3.63) is 88.8 Å². The van der Waals surface area contributed by atoms with Gasteiger partial charge in [-0.2, -0.15) is 0 Å². The summed E-state index contributed by atoms with van der Waals surface area (Å²) >= 11 is 1.46. The average molecular weight is 454 g/mol. The number of rotatable bonds is 4. The predicted molar refractivity (Wildman–Crippen MR) is 134 cm³/mol. The number of thiazole rings is 1. The van der Waals surface area contributed by atoms with E-state index in [0.29, 0.717) is 17.2 Å². The first-order valence-electron chi connectivity index (χ1n) is 10.9. The van der Waals surface area contributed by atoms with Crippen LogP contribution >= 0.6 is 11.3 Å². The second-order valence-corrected chi connectivity index (χ2v) is 9.26. The first kappa shape index (κ1) is 21.1. The van der Waals surface area contributed by atoms with E-state index in [1.54, 1.807) is 6.92 Å². The Hall–Kier alpha value is -3.77. The van der Waals surface area contributed by atoms with Crippen LogP contribution in [0.4, 0.5) is 10.8 Å². The van der Waals surface area contributed by atoms with Crippen LogP contribution in [0.5, 0.6) is 0 Å². The molecule has 0 bridgehead atoms. The number of fused-ring (bicyclic) bond motifs is 1. The summed E-state index contributed by atoms with van der Waals surface area (Å²) in [6, 6.07) is 23.6. The Labute approximate surface area is 196 Å². The monoisotopic (exact) mass is 453 g/mol. The fourth-order valence-corrected chi connectivity index (χ4v) is 5.14. The van der Waals surface area contributed by atoms with E-state index in [1.807, 2.05) is 78.6 Å². The van der Waals surface area contributed by atoms with Crippen molar-refractivity contribution >= 4 is 34.0 Å². The number of nitrogens with zero attached hydrogens (tertiary/aromatic N) is 2. The van der Waals surface area contributed by atoms with E-state index in [4.69, 9.17) is 4.98 Å². The van der Waals surface area contributed by atoms with Crippen molar-refractivity contribution in [3.63, 3.8) is 0 Å². The average Bonchev–Trinajstić information content (AvgIpc) is 3.42. The summed E-state index contributed by atoms with van der Waals surface area (Å²) in [6.45, 7) is 4.32. The molecule has 2 heterocycles. The number of anilines is 2. The molecule has 1 aliphatic heterocycles. The predicted octanol–water partition coefficient (Wildman–Crippen LogP) is 5.95. The van der Waals surface area contributed by atoms with Crippen LogP contribution in [0.15, 0.2) is 72.8 Å². The van der Waals surface area contributed by atoms with Crippen molar-refractivity contribution in [2.75, 3.05) is 16.8 Å². The van der Waals surface area contributed by atoms with Crippen LogP contribution in [-0.4, -0.2) is 23.3 Å². The normalized spacial score (nSPS) is 12.5. The Morgan fingerprint density at radius 1 is 0.970 bits per heavy atom. The third kappa shape index (κ3) is 4.05. The van der Waals surface area contributed by atoms with Crippen LogP contribution in [-0.2, 0) is 11.2 Å². The molecule has 2 amide bonds. The molecule has 5 nitrogen and oxygen atoms in total. The topological polar surface area (TPSA) is 62.3 Å². The van der Waals surface area contributed by atoms with E-state index in [1.165, 1.54) is 11.3 Å². The lowest BCUT2D eigenvalue weighted by Gasteiger charge is -2.14. The molecule has 0 saturated heterocycles. The Balaban J connectivity index is 1.41. The van der Waals surface area contributed by atoms with Gasteiger partial charge in [-0.05, 0) is 48.2 Å². The number of nitrogens with one attached hydrogen (secondary N) is 1. The number of aryl methyl sites for hydroxylation is 1. The van der Waals surface area contributed by atoms with Gasteiger partial charge >= 0.3 is 0 Å². The summed E-state index contributed by atoms with van der Waals surface area (Å²) in [5.41, 5.74) is 6.48. The number of aromatic nitrogens is 1. The van der Waals surface area contributed by atoms with E-state index < -0.39 is 0 Å². The molecule has 1 aliphatic rings. The van der Waals surface area contributed by atoms with E-state index in [0.717, 1.165) is 44.9 Å². The van der Waals surface area contributed by atoms with E-state index in [-0.39, 0.29) is 11.8 Å². The smallest absolute Gasteiger partial charge is 0.258 e. The number of hydrogen-bond acceptors (Lipinski definition) is 4. The fraction of sp³-hybridized carbons (Fsp3) is 0.148. The summed E-state index contributed by atoms with van der Waals surface area (Å²) in [7, 11) is 0. The van der Waals surface area contributed by atoms with Gasteiger partial charge in [0.2, 0.25) is 5.91 Å². The summed E-state index contributed by atoms with van der Waals surface area (Å²) in [6.07, 6.45) is 0.839. The summed E-state index contributed by atoms with van der Waals surface area (Å²) < 4.78 is 0. The third-order valence-corrected chi connectivity index (χ3v) is 6.79. The van der Waals surface area contributed by atoms with Crippen molar-refractivity contribution in [1.82, 2.24) is 4.98 Å². The molecule has 0 aliphatic carbocycles. The lowest BCUT2D eigenvalue weighted by molar-refractivity contribution is -0.116. The second-order valence-electron chi connectivity index (χ2n) is 8.05. The lowest BCUT2D eigenvalue weighted by Crippen LogP contribution is -2.25. The van der Waals surface area contributed by atoms with Crippen molar-refractivity contribution in [1.29, 1.82) is 0 Å². The van der Waals surface area contributed by atoms with E-state index in [9.17, 15) is 9.59 Å². The van der Waals surface area contributed by atoms with Gasteiger partial charge in [0.1, 0.15) is 0 Å². The highest BCUT2D eigenvalue weighted by Gasteiger charge is 2.23. The molecule has 5 rings (SSSR count). The molecule has 0 spiro atoms. The van der Waals surface area contributed by atoms with Gasteiger partial charge in [-0.3, -0.25) is 14.9 Å². The minimum Gasteiger partial charge on any atom is -0.312 e. The van der Waals surface area contributed by atoms with Crippen LogP contribution in [0.3, 0.4) is 0 Å². The molecule has 0 unspecified atom stereocenters. The number of carbonyl (C=O) groups is 2. The zero-order valence-electron chi connectivity index (χ0n) is 18.5. The lowest BCUT2D eigenvalue weighted by atomic mass is 9.99. The molecule has 0 radical (unpaired) electrons. The van der Waals surface area contributed by atoms with Crippen molar-refractivity contribution in [3.8, 4) is 22.4 Å². The van der Waals surface area contributed by atoms with E-state index >= 15 is 0 Å².